The monoisotopic (exact) mass is 389 g/mol. The van der Waals surface area contributed by atoms with Gasteiger partial charge in [-0.05, 0) is 24.3 Å². The molecule has 2 aromatic carbocycles. The minimum Gasteiger partial charge on any atom is -0.471 e. The molecular formula is C21H19N5O3. The number of para-hydroxylation sites is 2. The Balaban J connectivity index is 1.63. The lowest BCUT2D eigenvalue weighted by Crippen LogP contribution is -2.39. The molecule has 0 bridgehead atoms. The Morgan fingerprint density at radius 1 is 1.17 bits per heavy atom. The highest BCUT2D eigenvalue weighted by molar-refractivity contribution is 6.13. The summed E-state index contributed by atoms with van der Waals surface area (Å²) in [5.41, 5.74) is 7.69. The summed E-state index contributed by atoms with van der Waals surface area (Å²) < 4.78 is 11.5. The number of fused-ring (bicyclic) bond motifs is 2. The molecular weight excluding hydrogens is 370 g/mol. The quantitative estimate of drug-likeness (QED) is 0.710. The second-order valence-electron chi connectivity index (χ2n) is 6.81. The number of rotatable bonds is 3. The minimum absolute atomic E-state index is 0.0819. The summed E-state index contributed by atoms with van der Waals surface area (Å²) in [5.74, 6) is 0.742. The van der Waals surface area contributed by atoms with Crippen LogP contribution in [0.1, 0.15) is 16.8 Å². The molecule has 0 spiro atoms. The molecule has 0 saturated carbocycles. The van der Waals surface area contributed by atoms with E-state index in [-0.39, 0.29) is 18.0 Å². The smallest absolute Gasteiger partial charge is 0.268 e. The third-order valence-corrected chi connectivity index (χ3v) is 4.94. The van der Waals surface area contributed by atoms with Gasteiger partial charge >= 0.3 is 0 Å². The summed E-state index contributed by atoms with van der Waals surface area (Å²) in [4.78, 5) is 23.8. The van der Waals surface area contributed by atoms with Crippen LogP contribution in [-0.2, 0) is 4.74 Å². The molecule has 3 heterocycles. The van der Waals surface area contributed by atoms with E-state index >= 15 is 0 Å². The Morgan fingerprint density at radius 3 is 2.83 bits per heavy atom. The summed E-state index contributed by atoms with van der Waals surface area (Å²) in [6, 6.07) is 14.8. The van der Waals surface area contributed by atoms with E-state index in [1.165, 1.54) is 11.1 Å². The second-order valence-corrected chi connectivity index (χ2v) is 6.81. The lowest BCUT2D eigenvalue weighted by molar-refractivity contribution is 0.0991. The molecule has 1 amide bonds. The molecule has 1 unspecified atom stereocenters. The molecule has 8 nitrogen and oxygen atoms in total. The van der Waals surface area contributed by atoms with Gasteiger partial charge in [0.05, 0.1) is 35.4 Å². The van der Waals surface area contributed by atoms with Crippen molar-refractivity contribution in [2.75, 3.05) is 23.4 Å². The highest BCUT2D eigenvalue weighted by atomic mass is 16.5. The number of carbonyl (C=O) groups is 1. The van der Waals surface area contributed by atoms with E-state index in [2.05, 4.69) is 15.3 Å². The van der Waals surface area contributed by atoms with E-state index in [4.69, 9.17) is 15.2 Å². The zero-order valence-corrected chi connectivity index (χ0v) is 15.5. The number of carbonyl (C=O) groups excluding carboxylic acids is 1. The number of anilines is 2. The van der Waals surface area contributed by atoms with Crippen LogP contribution < -0.4 is 20.7 Å². The molecule has 2 aliphatic heterocycles. The first-order valence-electron chi connectivity index (χ1n) is 9.38. The van der Waals surface area contributed by atoms with Gasteiger partial charge in [0.1, 0.15) is 11.9 Å². The Labute approximate surface area is 167 Å². The molecule has 146 valence electrons. The second kappa shape index (κ2) is 7.06. The number of amides is 1. The minimum atomic E-state index is -0.263. The topological polar surface area (TPSA) is 103 Å². The Bertz CT molecular complexity index is 1120. The van der Waals surface area contributed by atoms with Gasteiger partial charge in [0.25, 0.3) is 5.91 Å². The summed E-state index contributed by atoms with van der Waals surface area (Å²) in [5, 5.41) is 3.94. The van der Waals surface area contributed by atoms with E-state index in [9.17, 15) is 4.79 Å². The van der Waals surface area contributed by atoms with Gasteiger partial charge in [-0.2, -0.15) is 4.98 Å². The molecule has 3 N–H and O–H groups in total. The average Bonchev–Trinajstić information content (AvgIpc) is 3.26. The molecule has 2 aliphatic rings. The third kappa shape index (κ3) is 3.03. The van der Waals surface area contributed by atoms with Gasteiger partial charge in [-0.15, -0.1) is 0 Å². The zero-order valence-electron chi connectivity index (χ0n) is 15.5. The molecule has 8 heteroatoms. The molecule has 0 aliphatic carbocycles. The first-order valence-corrected chi connectivity index (χ1v) is 9.38. The van der Waals surface area contributed by atoms with Crippen molar-refractivity contribution in [3.63, 3.8) is 0 Å². The molecule has 0 radical (unpaired) electrons. The fraction of sp³-hybridized carbons (Fsp3) is 0.190. The van der Waals surface area contributed by atoms with Gasteiger partial charge in [0.15, 0.2) is 0 Å². The predicted molar refractivity (Wildman–Crippen MR) is 109 cm³/mol. The average molecular weight is 389 g/mol. The van der Waals surface area contributed by atoms with E-state index in [1.54, 1.807) is 6.07 Å². The van der Waals surface area contributed by atoms with Crippen molar-refractivity contribution in [2.45, 2.75) is 12.5 Å². The first-order chi connectivity index (χ1) is 14.2. The van der Waals surface area contributed by atoms with Crippen LogP contribution in [0, 0.1) is 0 Å². The highest BCUT2D eigenvalue weighted by Gasteiger charge is 2.32. The fourth-order valence-electron chi connectivity index (χ4n) is 3.51. The number of hydrogen-bond acceptors (Lipinski definition) is 7. The van der Waals surface area contributed by atoms with Crippen molar-refractivity contribution >= 4 is 28.4 Å². The summed E-state index contributed by atoms with van der Waals surface area (Å²) in [7, 11) is 0. The van der Waals surface area contributed by atoms with E-state index in [1.807, 2.05) is 42.5 Å². The first kappa shape index (κ1) is 17.4. The van der Waals surface area contributed by atoms with Gasteiger partial charge in [0.2, 0.25) is 11.8 Å². The van der Waals surface area contributed by atoms with Crippen LogP contribution in [0.5, 0.6) is 5.88 Å². The van der Waals surface area contributed by atoms with Gasteiger partial charge < -0.3 is 20.5 Å². The molecule has 1 atom stereocenters. The number of hydrogen-bond donors (Lipinski definition) is 2. The van der Waals surface area contributed by atoms with Crippen molar-refractivity contribution in [2.24, 2.45) is 5.73 Å². The van der Waals surface area contributed by atoms with Crippen LogP contribution in [0.2, 0.25) is 0 Å². The molecule has 3 aromatic rings. The number of nitrogens with zero attached hydrogens (tertiary/aromatic N) is 3. The summed E-state index contributed by atoms with van der Waals surface area (Å²) in [6.07, 6.45) is 2.04. The maximum absolute atomic E-state index is 13.2. The van der Waals surface area contributed by atoms with Crippen molar-refractivity contribution < 1.29 is 14.3 Å². The number of benzene rings is 2. The zero-order chi connectivity index (χ0) is 19.8. The van der Waals surface area contributed by atoms with Gasteiger partial charge in [-0.25, -0.2) is 9.88 Å². The highest BCUT2D eigenvalue weighted by Crippen LogP contribution is 2.33. The van der Waals surface area contributed by atoms with Crippen LogP contribution >= 0.6 is 0 Å². The van der Waals surface area contributed by atoms with Crippen molar-refractivity contribution in [1.29, 1.82) is 0 Å². The Kier molecular flexibility index (Phi) is 4.25. The van der Waals surface area contributed by atoms with E-state index < -0.39 is 0 Å². The normalized spacial score (nSPS) is 20.0. The maximum Gasteiger partial charge on any atom is 0.268 e. The summed E-state index contributed by atoms with van der Waals surface area (Å²) >= 11 is 0. The molecule has 1 aromatic heterocycles. The van der Waals surface area contributed by atoms with Gasteiger partial charge in [-0.3, -0.25) is 4.79 Å². The standard InChI is InChI=1S/C21H19N5O3/c22-11-18-23-17-8-4-2-6-15(17)20(27)26(18)21-24-16-7-3-1-5-14(16)19(25-21)29-13-9-10-28-12-13/h1-8,11,13,23H,9-10,12,22H2/b18-11+. The van der Waals surface area contributed by atoms with Crippen LogP contribution in [0.25, 0.3) is 10.9 Å². The van der Waals surface area contributed by atoms with E-state index in [0.717, 1.165) is 11.8 Å². The predicted octanol–water partition coefficient (Wildman–Crippen LogP) is 2.63. The van der Waals surface area contributed by atoms with Gasteiger partial charge in [0, 0.05) is 12.6 Å². The molecule has 5 rings (SSSR count). The third-order valence-electron chi connectivity index (χ3n) is 4.94. The number of nitrogens with one attached hydrogen (secondary N) is 1. The van der Waals surface area contributed by atoms with Crippen LogP contribution in [0.4, 0.5) is 11.6 Å². The lowest BCUT2D eigenvalue weighted by atomic mass is 10.1. The summed E-state index contributed by atoms with van der Waals surface area (Å²) in [6.45, 7) is 1.17. The lowest BCUT2D eigenvalue weighted by Gasteiger charge is -2.30. The number of aromatic nitrogens is 2. The molecule has 1 saturated heterocycles. The van der Waals surface area contributed by atoms with Crippen LogP contribution in [0.3, 0.4) is 0 Å². The largest absolute Gasteiger partial charge is 0.471 e. The van der Waals surface area contributed by atoms with Gasteiger partial charge in [-0.1, -0.05) is 24.3 Å². The van der Waals surface area contributed by atoms with Crippen molar-refractivity contribution in [1.82, 2.24) is 9.97 Å². The van der Waals surface area contributed by atoms with Crippen molar-refractivity contribution in [3.05, 3.63) is 66.1 Å². The Hall–Kier alpha value is -3.65. The van der Waals surface area contributed by atoms with Crippen LogP contribution in [-0.4, -0.2) is 35.2 Å². The van der Waals surface area contributed by atoms with E-state index in [0.29, 0.717) is 41.7 Å². The van der Waals surface area contributed by atoms with Crippen LogP contribution in [0.15, 0.2) is 60.6 Å². The molecule has 1 fully saturated rings. The molecule has 29 heavy (non-hydrogen) atoms. The number of nitrogens with two attached hydrogens (primary N) is 1. The number of ether oxygens (including phenoxy) is 2. The Morgan fingerprint density at radius 2 is 2.00 bits per heavy atom. The van der Waals surface area contributed by atoms with Crippen molar-refractivity contribution in [3.8, 4) is 5.88 Å². The fourth-order valence-corrected chi connectivity index (χ4v) is 3.51. The maximum atomic E-state index is 13.2. The SMILES string of the molecule is N/C=C1\Nc2ccccc2C(=O)N1c1nc(OC2CCOC2)c2ccccc2n1.